The number of benzene rings is 3. The topological polar surface area (TPSA) is 53.7 Å². The molecule has 0 saturated heterocycles. The molecular formula is C50H64ClN2O3S+. The number of carbonyl (C=O) groups excluding carboxylic acids is 1. The van der Waals surface area contributed by atoms with E-state index in [-0.39, 0.29) is 11.5 Å². The number of aliphatic hydroxyl groups excluding tert-OH is 1. The molecule has 0 bridgehead atoms. The van der Waals surface area contributed by atoms with Gasteiger partial charge in [-0.15, -0.1) is 0 Å². The van der Waals surface area contributed by atoms with Crippen molar-refractivity contribution in [3.05, 3.63) is 106 Å². The van der Waals surface area contributed by atoms with E-state index in [2.05, 4.69) is 65.8 Å². The number of allylic oxidation sites excluding steroid dienone is 3. The minimum absolute atomic E-state index is 0.0249. The standard InChI is InChI=1S/C50H63ClN2O3S/c1-3-5-7-9-11-13-15-17-19-24-32-52-43-34-39(38-26-22-21-23-27-38)28-30-45(43)56-47(52)36-41-49(54)42(50(41)55)37-48-53(44-35-40(51)29-31-46(44)57-48)33-25-20-18-16-14-12-10-8-6-4-2/h21-23,26-31,34-37H,3-20,24-25,32-33H2,1-2H3/p+1. The van der Waals surface area contributed by atoms with Crippen LogP contribution in [0.1, 0.15) is 147 Å². The lowest BCUT2D eigenvalue weighted by atomic mass is 9.87. The second-order valence-corrected chi connectivity index (χ2v) is 17.5. The molecule has 304 valence electrons. The summed E-state index contributed by atoms with van der Waals surface area (Å²) in [6.07, 6.45) is 29.0. The monoisotopic (exact) mass is 807 g/mol. The van der Waals surface area contributed by atoms with Crippen LogP contribution in [0.15, 0.2) is 95.6 Å². The number of anilines is 1. The summed E-state index contributed by atoms with van der Waals surface area (Å²) in [5.74, 6) is 1.22. The van der Waals surface area contributed by atoms with E-state index in [1.807, 2.05) is 30.3 Å². The average Bonchev–Trinajstić information content (AvgIpc) is 3.76. The van der Waals surface area contributed by atoms with Gasteiger partial charge in [0.05, 0.1) is 16.8 Å². The normalized spacial score (nSPS) is 15.3. The fourth-order valence-corrected chi connectivity index (χ4v) is 9.41. The van der Waals surface area contributed by atoms with Crippen LogP contribution in [-0.2, 0) is 11.3 Å². The van der Waals surface area contributed by atoms with Gasteiger partial charge in [0, 0.05) is 36.2 Å². The second kappa shape index (κ2) is 22.3. The van der Waals surface area contributed by atoms with E-state index in [9.17, 15) is 9.90 Å². The minimum Gasteiger partial charge on any atom is -0.506 e. The Balaban J connectivity index is 1.15. The van der Waals surface area contributed by atoms with Crippen molar-refractivity contribution >= 4 is 50.7 Å². The molecule has 0 amide bonds. The van der Waals surface area contributed by atoms with Crippen LogP contribution in [0, 0.1) is 0 Å². The van der Waals surface area contributed by atoms with E-state index in [1.54, 1.807) is 17.4 Å². The van der Waals surface area contributed by atoms with Gasteiger partial charge in [-0.3, -0.25) is 4.79 Å². The largest absolute Gasteiger partial charge is 0.506 e. The summed E-state index contributed by atoms with van der Waals surface area (Å²) < 4.78 is 9.83. The maximum atomic E-state index is 13.8. The van der Waals surface area contributed by atoms with Gasteiger partial charge in [0.2, 0.25) is 17.2 Å². The molecule has 1 aliphatic heterocycles. The summed E-state index contributed by atoms with van der Waals surface area (Å²) in [4.78, 5) is 16.0. The molecule has 7 heteroatoms. The molecule has 5 nitrogen and oxygen atoms in total. The van der Waals surface area contributed by atoms with Crippen LogP contribution < -0.4 is 14.2 Å². The van der Waals surface area contributed by atoms with Crippen molar-refractivity contribution in [2.24, 2.45) is 0 Å². The number of rotatable bonds is 25. The van der Waals surface area contributed by atoms with Gasteiger partial charge >= 0.3 is 0 Å². The number of ether oxygens (including phenoxy) is 1. The molecule has 4 aromatic rings. The number of nitrogens with zero attached hydrogens (tertiary/aromatic N) is 2. The highest BCUT2D eigenvalue weighted by Crippen LogP contribution is 2.43. The number of hydrogen-bond donors (Lipinski definition) is 1. The molecule has 1 N–H and O–H groups in total. The Kier molecular flexibility index (Phi) is 16.7. The molecule has 3 aromatic carbocycles. The lowest BCUT2D eigenvalue weighted by Crippen LogP contribution is -2.35. The third kappa shape index (κ3) is 11.6. The molecule has 1 aromatic heterocycles. The summed E-state index contributed by atoms with van der Waals surface area (Å²) in [5.41, 5.74) is 4.98. The van der Waals surface area contributed by atoms with E-state index in [0.717, 1.165) is 70.1 Å². The first-order chi connectivity index (χ1) is 28.0. The van der Waals surface area contributed by atoms with Crippen LogP contribution in [0.25, 0.3) is 27.4 Å². The zero-order chi connectivity index (χ0) is 39.8. The fourth-order valence-electron chi connectivity index (χ4n) is 8.13. The number of Topliss-reactive ketones (excluding diaryl/α,β-unsaturated/α-hetero) is 1. The number of thiazole rings is 1. The first kappa shape index (κ1) is 42.7. The van der Waals surface area contributed by atoms with Gasteiger partial charge < -0.3 is 14.7 Å². The molecule has 57 heavy (non-hydrogen) atoms. The number of unbranched alkanes of at least 4 members (excludes halogenated alkanes) is 18. The summed E-state index contributed by atoms with van der Waals surface area (Å²) in [7, 11) is 0. The summed E-state index contributed by atoms with van der Waals surface area (Å²) in [6.45, 7) is 6.16. The maximum absolute atomic E-state index is 13.8. The number of halogens is 1. The fraction of sp³-hybridized carbons (Fsp3) is 0.480. The number of fused-ring (bicyclic) bond motifs is 2. The van der Waals surface area contributed by atoms with Crippen molar-refractivity contribution in [2.45, 2.75) is 149 Å². The molecule has 0 unspecified atom stereocenters. The van der Waals surface area contributed by atoms with Crippen LogP contribution in [0.4, 0.5) is 5.69 Å². The number of aliphatic hydroxyl groups is 1. The highest BCUT2D eigenvalue weighted by molar-refractivity contribution is 7.18. The van der Waals surface area contributed by atoms with E-state index in [4.69, 9.17) is 16.3 Å². The molecular weight excluding hydrogens is 744 g/mol. The number of carbonyl (C=O) groups is 1. The molecule has 0 radical (unpaired) electrons. The third-order valence-corrected chi connectivity index (χ3v) is 12.9. The van der Waals surface area contributed by atoms with Crippen LogP contribution >= 0.6 is 22.9 Å². The molecule has 0 saturated carbocycles. The van der Waals surface area contributed by atoms with Gasteiger partial charge in [-0.1, -0.05) is 182 Å². The number of hydrogen-bond acceptors (Lipinski definition) is 5. The van der Waals surface area contributed by atoms with Crippen molar-refractivity contribution in [2.75, 3.05) is 11.4 Å². The third-order valence-electron chi connectivity index (χ3n) is 11.5. The predicted octanol–water partition coefficient (Wildman–Crippen LogP) is 14.9. The van der Waals surface area contributed by atoms with E-state index in [0.29, 0.717) is 22.1 Å². The summed E-state index contributed by atoms with van der Waals surface area (Å²) in [5, 5.41) is 13.1. The number of aromatic nitrogens is 1. The molecule has 1 aliphatic carbocycles. The molecule has 6 rings (SSSR count). The number of ketones is 1. The van der Waals surface area contributed by atoms with Crippen molar-refractivity contribution in [3.8, 4) is 16.9 Å². The summed E-state index contributed by atoms with van der Waals surface area (Å²) >= 11 is 8.11. The molecule has 0 fully saturated rings. The lowest BCUT2D eigenvalue weighted by molar-refractivity contribution is -0.669. The first-order valence-corrected chi connectivity index (χ1v) is 23.4. The molecule has 0 spiro atoms. The van der Waals surface area contributed by atoms with Crippen LogP contribution in [0.3, 0.4) is 0 Å². The quantitative estimate of drug-likeness (QED) is 0.0412. The van der Waals surface area contributed by atoms with Crippen LogP contribution in [0.2, 0.25) is 5.02 Å². The van der Waals surface area contributed by atoms with Gasteiger partial charge in [0.15, 0.2) is 12.3 Å². The highest BCUT2D eigenvalue weighted by atomic mass is 35.5. The van der Waals surface area contributed by atoms with E-state index < -0.39 is 0 Å². The molecule has 0 atom stereocenters. The van der Waals surface area contributed by atoms with E-state index in [1.165, 1.54) is 109 Å². The average molecular weight is 809 g/mol. The van der Waals surface area contributed by atoms with E-state index >= 15 is 0 Å². The molecule has 2 heterocycles. The van der Waals surface area contributed by atoms with Crippen molar-refractivity contribution in [3.63, 3.8) is 0 Å². The predicted molar refractivity (Wildman–Crippen MR) is 241 cm³/mol. The maximum Gasteiger partial charge on any atom is 0.263 e. The van der Waals surface area contributed by atoms with Crippen LogP contribution in [-0.4, -0.2) is 17.4 Å². The zero-order valence-corrected chi connectivity index (χ0v) is 36.1. The summed E-state index contributed by atoms with van der Waals surface area (Å²) in [6, 6.07) is 22.7. The second-order valence-electron chi connectivity index (χ2n) is 16.0. The Bertz CT molecular complexity index is 2010. The Labute approximate surface area is 351 Å². The van der Waals surface area contributed by atoms with Gasteiger partial charge in [0.1, 0.15) is 10.5 Å². The van der Waals surface area contributed by atoms with Gasteiger partial charge in [-0.2, -0.15) is 4.57 Å². The van der Waals surface area contributed by atoms with Crippen LogP contribution in [0.5, 0.6) is 5.75 Å². The number of aryl methyl sites for hydroxylation is 1. The molecule has 2 aliphatic rings. The SMILES string of the molecule is CCCCCCCCCCCCN1/C(=C\C2=C(O)C(=Cc3sc4ccc(Cl)cc4[n+]3CCCCCCCCCCCC)C2=O)Oc2ccc(-c3ccccc3)cc21. The van der Waals surface area contributed by atoms with Crippen molar-refractivity contribution in [1.29, 1.82) is 0 Å². The zero-order valence-electron chi connectivity index (χ0n) is 34.5. The Hall–Kier alpha value is -3.87. The highest BCUT2D eigenvalue weighted by Gasteiger charge is 2.37. The Morgan fingerprint density at radius 2 is 1.32 bits per heavy atom. The van der Waals surface area contributed by atoms with Crippen molar-refractivity contribution < 1.29 is 19.2 Å². The Morgan fingerprint density at radius 3 is 1.95 bits per heavy atom. The van der Waals surface area contributed by atoms with Crippen molar-refractivity contribution in [1.82, 2.24) is 0 Å². The van der Waals surface area contributed by atoms with Gasteiger partial charge in [-0.25, -0.2) is 0 Å². The Morgan fingerprint density at radius 1 is 0.702 bits per heavy atom. The van der Waals surface area contributed by atoms with Gasteiger partial charge in [-0.05, 0) is 48.2 Å². The van der Waals surface area contributed by atoms with Gasteiger partial charge in [0.25, 0.3) is 5.01 Å². The first-order valence-electron chi connectivity index (χ1n) is 22.2. The lowest BCUT2D eigenvalue weighted by Gasteiger charge is -2.22. The smallest absolute Gasteiger partial charge is 0.263 e. The minimum atomic E-state index is -0.163.